The van der Waals surface area contributed by atoms with E-state index in [0.29, 0.717) is 18.1 Å². The Labute approximate surface area is 131 Å². The van der Waals surface area contributed by atoms with Gasteiger partial charge in [0.15, 0.2) is 11.5 Å². The van der Waals surface area contributed by atoms with Gasteiger partial charge in [-0.1, -0.05) is 50.1 Å². The van der Waals surface area contributed by atoms with E-state index in [0.717, 1.165) is 31.4 Å². The first-order valence-corrected chi connectivity index (χ1v) is 7.68. The van der Waals surface area contributed by atoms with Gasteiger partial charge >= 0.3 is 0 Å². The predicted molar refractivity (Wildman–Crippen MR) is 87.7 cm³/mol. The van der Waals surface area contributed by atoms with Gasteiger partial charge < -0.3 is 10.6 Å². The van der Waals surface area contributed by atoms with Crippen LogP contribution in [0.4, 0.5) is 5.82 Å². The molecule has 0 atom stereocenters. The highest BCUT2D eigenvalue weighted by Crippen LogP contribution is 2.09. The standard InChI is InChI=1S/C17H22N4O/c1-2-3-7-10-19-16-15(18-11-12-20-16)17(22)21-13-14-8-5-4-6-9-14/h4-6,8-9,11-12H,2-3,7,10,13H2,1H3,(H,19,20)(H,21,22). The van der Waals surface area contributed by atoms with Gasteiger partial charge in [0.05, 0.1) is 0 Å². The number of carbonyl (C=O) groups is 1. The number of benzene rings is 1. The number of nitrogens with one attached hydrogen (secondary N) is 2. The Bertz CT molecular complexity index is 586. The van der Waals surface area contributed by atoms with Crippen molar-refractivity contribution in [1.82, 2.24) is 15.3 Å². The smallest absolute Gasteiger partial charge is 0.273 e. The number of anilines is 1. The molecule has 1 heterocycles. The van der Waals surface area contributed by atoms with E-state index in [4.69, 9.17) is 0 Å². The topological polar surface area (TPSA) is 66.9 Å². The first-order chi connectivity index (χ1) is 10.8. The summed E-state index contributed by atoms with van der Waals surface area (Å²) in [6.45, 7) is 3.43. The van der Waals surface area contributed by atoms with E-state index >= 15 is 0 Å². The van der Waals surface area contributed by atoms with Crippen LogP contribution in [-0.4, -0.2) is 22.4 Å². The van der Waals surface area contributed by atoms with Gasteiger partial charge in [-0.05, 0) is 12.0 Å². The van der Waals surface area contributed by atoms with Gasteiger partial charge in [0.2, 0.25) is 0 Å². The predicted octanol–water partition coefficient (Wildman–Crippen LogP) is 3.01. The van der Waals surface area contributed by atoms with Crippen molar-refractivity contribution in [3.8, 4) is 0 Å². The summed E-state index contributed by atoms with van der Waals surface area (Å²) in [4.78, 5) is 20.6. The van der Waals surface area contributed by atoms with E-state index in [1.165, 1.54) is 6.20 Å². The quantitative estimate of drug-likeness (QED) is 0.735. The summed E-state index contributed by atoms with van der Waals surface area (Å²) in [5.74, 6) is 0.333. The van der Waals surface area contributed by atoms with Gasteiger partial charge in [-0.3, -0.25) is 4.79 Å². The molecule has 0 unspecified atom stereocenters. The van der Waals surface area contributed by atoms with Crippen molar-refractivity contribution in [2.75, 3.05) is 11.9 Å². The lowest BCUT2D eigenvalue weighted by molar-refractivity contribution is 0.0946. The van der Waals surface area contributed by atoms with Crippen LogP contribution in [0.5, 0.6) is 0 Å². The SMILES string of the molecule is CCCCCNc1nccnc1C(=O)NCc1ccccc1. The van der Waals surface area contributed by atoms with Crippen molar-refractivity contribution in [1.29, 1.82) is 0 Å². The maximum atomic E-state index is 12.3. The van der Waals surface area contributed by atoms with Crippen LogP contribution >= 0.6 is 0 Å². The molecule has 22 heavy (non-hydrogen) atoms. The number of aromatic nitrogens is 2. The van der Waals surface area contributed by atoms with Gasteiger partial charge in [0.25, 0.3) is 5.91 Å². The van der Waals surface area contributed by atoms with E-state index < -0.39 is 0 Å². The molecule has 1 amide bonds. The number of hydrogen-bond donors (Lipinski definition) is 2. The van der Waals surface area contributed by atoms with Crippen LogP contribution in [-0.2, 0) is 6.54 Å². The number of nitrogens with zero attached hydrogens (tertiary/aromatic N) is 2. The second-order valence-corrected chi connectivity index (χ2v) is 5.06. The fourth-order valence-electron chi connectivity index (χ4n) is 2.08. The Morgan fingerprint density at radius 2 is 1.86 bits per heavy atom. The van der Waals surface area contributed by atoms with Crippen LogP contribution in [0.2, 0.25) is 0 Å². The second kappa shape index (κ2) is 8.77. The number of hydrogen-bond acceptors (Lipinski definition) is 4. The zero-order chi connectivity index (χ0) is 15.6. The molecular weight excluding hydrogens is 276 g/mol. The molecule has 1 aromatic carbocycles. The largest absolute Gasteiger partial charge is 0.368 e. The van der Waals surface area contributed by atoms with Gasteiger partial charge in [0, 0.05) is 25.5 Å². The minimum atomic E-state index is -0.213. The molecule has 116 valence electrons. The normalized spacial score (nSPS) is 10.2. The Morgan fingerprint density at radius 3 is 2.64 bits per heavy atom. The number of unbranched alkanes of at least 4 members (excludes halogenated alkanes) is 2. The van der Waals surface area contributed by atoms with Crippen molar-refractivity contribution in [2.45, 2.75) is 32.7 Å². The van der Waals surface area contributed by atoms with Crippen LogP contribution in [0.15, 0.2) is 42.7 Å². The monoisotopic (exact) mass is 298 g/mol. The molecule has 0 fully saturated rings. The first-order valence-electron chi connectivity index (χ1n) is 7.68. The molecule has 0 radical (unpaired) electrons. The third-order valence-electron chi connectivity index (χ3n) is 3.28. The van der Waals surface area contributed by atoms with E-state index in [9.17, 15) is 4.79 Å². The highest BCUT2D eigenvalue weighted by Gasteiger charge is 2.13. The molecule has 5 nitrogen and oxygen atoms in total. The molecule has 2 N–H and O–H groups in total. The molecule has 5 heteroatoms. The molecule has 2 rings (SSSR count). The van der Waals surface area contributed by atoms with Crippen LogP contribution in [0.3, 0.4) is 0 Å². The molecule has 0 spiro atoms. The molecule has 0 aliphatic heterocycles. The van der Waals surface area contributed by atoms with Crippen LogP contribution < -0.4 is 10.6 Å². The number of amides is 1. The second-order valence-electron chi connectivity index (χ2n) is 5.06. The summed E-state index contributed by atoms with van der Waals surface area (Å²) in [6, 6.07) is 9.79. The molecule has 0 bridgehead atoms. The summed E-state index contributed by atoms with van der Waals surface area (Å²) in [5, 5.41) is 6.07. The van der Waals surface area contributed by atoms with Gasteiger partial charge in [0.1, 0.15) is 0 Å². The summed E-state index contributed by atoms with van der Waals surface area (Å²) in [7, 11) is 0. The third kappa shape index (κ3) is 4.84. The Morgan fingerprint density at radius 1 is 1.09 bits per heavy atom. The van der Waals surface area contributed by atoms with E-state index in [2.05, 4.69) is 27.5 Å². The van der Waals surface area contributed by atoms with Crippen molar-refractivity contribution in [3.63, 3.8) is 0 Å². The fraction of sp³-hybridized carbons (Fsp3) is 0.353. The zero-order valence-corrected chi connectivity index (χ0v) is 12.9. The van der Waals surface area contributed by atoms with Crippen molar-refractivity contribution >= 4 is 11.7 Å². The Kier molecular flexibility index (Phi) is 6.36. The summed E-state index contributed by atoms with van der Waals surface area (Å²) in [6.07, 6.45) is 6.50. The average Bonchev–Trinajstić information content (AvgIpc) is 2.58. The Hall–Kier alpha value is -2.43. The molecule has 0 aliphatic carbocycles. The first kappa shape index (κ1) is 15.9. The lowest BCUT2D eigenvalue weighted by atomic mass is 10.2. The number of carbonyl (C=O) groups excluding carboxylic acids is 1. The van der Waals surface area contributed by atoms with E-state index in [1.807, 2.05) is 30.3 Å². The molecule has 0 aliphatic rings. The number of rotatable bonds is 8. The molecular formula is C17H22N4O. The summed E-state index contributed by atoms with van der Waals surface area (Å²) in [5.41, 5.74) is 1.40. The zero-order valence-electron chi connectivity index (χ0n) is 12.9. The molecule has 2 aromatic rings. The third-order valence-corrected chi connectivity index (χ3v) is 3.28. The molecule has 0 saturated heterocycles. The van der Waals surface area contributed by atoms with Crippen LogP contribution in [0.1, 0.15) is 42.2 Å². The van der Waals surface area contributed by atoms with Crippen molar-refractivity contribution in [3.05, 3.63) is 54.0 Å². The summed E-state index contributed by atoms with van der Waals surface area (Å²) >= 11 is 0. The maximum absolute atomic E-state index is 12.3. The maximum Gasteiger partial charge on any atom is 0.273 e. The fourth-order valence-corrected chi connectivity index (χ4v) is 2.08. The lowest BCUT2D eigenvalue weighted by Crippen LogP contribution is -2.25. The van der Waals surface area contributed by atoms with Crippen molar-refractivity contribution < 1.29 is 4.79 Å². The van der Waals surface area contributed by atoms with Crippen LogP contribution in [0, 0.1) is 0 Å². The highest BCUT2D eigenvalue weighted by atomic mass is 16.1. The Balaban J connectivity index is 1.94. The average molecular weight is 298 g/mol. The minimum Gasteiger partial charge on any atom is -0.368 e. The van der Waals surface area contributed by atoms with Gasteiger partial charge in [-0.15, -0.1) is 0 Å². The minimum absolute atomic E-state index is 0.213. The summed E-state index contributed by atoms with van der Waals surface area (Å²) < 4.78 is 0. The van der Waals surface area contributed by atoms with Gasteiger partial charge in [-0.25, -0.2) is 9.97 Å². The highest BCUT2D eigenvalue weighted by molar-refractivity contribution is 5.96. The van der Waals surface area contributed by atoms with Crippen LogP contribution in [0.25, 0.3) is 0 Å². The lowest BCUT2D eigenvalue weighted by Gasteiger charge is -2.10. The van der Waals surface area contributed by atoms with E-state index in [-0.39, 0.29) is 5.91 Å². The van der Waals surface area contributed by atoms with Gasteiger partial charge in [-0.2, -0.15) is 0 Å². The molecule has 0 saturated carbocycles. The van der Waals surface area contributed by atoms with E-state index in [1.54, 1.807) is 6.20 Å². The van der Waals surface area contributed by atoms with Crippen molar-refractivity contribution in [2.24, 2.45) is 0 Å². The molecule has 1 aromatic heterocycles.